The third-order valence-corrected chi connectivity index (χ3v) is 14.3. The molecular weight excluding hydrogens is 993 g/mol. The Hall–Kier alpha value is -2.64. The summed E-state index contributed by atoms with van der Waals surface area (Å²) in [5, 5.41) is 20.1. The highest BCUT2D eigenvalue weighted by atomic mass is 16.8. The molecular formula is C51H88N2O22. The zero-order valence-corrected chi connectivity index (χ0v) is 46.6. The minimum Gasteiger partial charge on any atom is -0.396 e. The van der Waals surface area contributed by atoms with Crippen LogP contribution in [0.25, 0.3) is 0 Å². The number of nitrogens with zero attached hydrogens (tertiary/aromatic N) is 2. The fourth-order valence-electron chi connectivity index (χ4n) is 10.6. The number of carbonyl (C=O) groups is 2. The maximum absolute atomic E-state index is 13.8. The molecule has 10 unspecified atom stereocenters. The number of rotatable bonds is 33. The Morgan fingerprint density at radius 2 is 1.05 bits per heavy atom. The van der Waals surface area contributed by atoms with E-state index in [-0.39, 0.29) is 70.7 Å². The molecule has 0 radical (unpaired) electrons. The predicted octanol–water partition coefficient (Wildman–Crippen LogP) is 0.551. The Morgan fingerprint density at radius 3 is 1.53 bits per heavy atom. The number of amides is 2. The number of methoxy groups -OCH3 is 13. The number of benzene rings is 1. The number of aliphatic hydroxyl groups is 2. The number of hydrogen-bond donors (Lipinski definition) is 2. The first-order valence-corrected chi connectivity index (χ1v) is 25.1. The van der Waals surface area contributed by atoms with Crippen LogP contribution in [0.1, 0.15) is 37.8 Å². The Balaban J connectivity index is 1.61. The van der Waals surface area contributed by atoms with Crippen molar-refractivity contribution in [2.24, 2.45) is 0 Å². The molecule has 24 heteroatoms. The molecule has 3 aliphatic heterocycles. The van der Waals surface area contributed by atoms with Gasteiger partial charge >= 0.3 is 0 Å². The average Bonchev–Trinajstić information content (AvgIpc) is 3.40. The summed E-state index contributed by atoms with van der Waals surface area (Å²) >= 11 is 0. The molecule has 0 spiro atoms. The molecule has 75 heavy (non-hydrogen) atoms. The van der Waals surface area contributed by atoms with Crippen LogP contribution in [0.2, 0.25) is 0 Å². The molecule has 24 nitrogen and oxygen atoms in total. The second-order valence-corrected chi connectivity index (χ2v) is 18.5. The highest BCUT2D eigenvalue weighted by molar-refractivity contribution is 5.74. The number of ether oxygens (including phenoxy) is 18. The van der Waals surface area contributed by atoms with Crippen molar-refractivity contribution in [2.45, 2.75) is 156 Å². The third-order valence-electron chi connectivity index (χ3n) is 14.3. The lowest BCUT2D eigenvalue weighted by molar-refractivity contribution is -0.357. The fourth-order valence-corrected chi connectivity index (χ4v) is 10.6. The van der Waals surface area contributed by atoms with Crippen molar-refractivity contribution in [3.63, 3.8) is 0 Å². The maximum atomic E-state index is 13.8. The zero-order valence-electron chi connectivity index (χ0n) is 46.6. The van der Waals surface area contributed by atoms with E-state index in [2.05, 4.69) is 0 Å². The van der Waals surface area contributed by atoms with Gasteiger partial charge in [-0.15, -0.1) is 0 Å². The summed E-state index contributed by atoms with van der Waals surface area (Å²) in [6.07, 6.45) is -14.7. The van der Waals surface area contributed by atoms with E-state index in [9.17, 15) is 19.8 Å². The monoisotopic (exact) mass is 1080 g/mol. The van der Waals surface area contributed by atoms with Gasteiger partial charge in [0.05, 0.1) is 25.4 Å². The van der Waals surface area contributed by atoms with Crippen molar-refractivity contribution >= 4 is 11.8 Å². The van der Waals surface area contributed by atoms with Gasteiger partial charge in [-0.05, 0) is 24.0 Å². The van der Waals surface area contributed by atoms with E-state index >= 15 is 0 Å². The van der Waals surface area contributed by atoms with Crippen molar-refractivity contribution in [1.82, 2.24) is 9.80 Å². The van der Waals surface area contributed by atoms with E-state index in [0.717, 1.165) is 11.1 Å². The first kappa shape index (κ1) is 64.9. The Morgan fingerprint density at radius 1 is 0.547 bits per heavy atom. The molecule has 0 aliphatic carbocycles. The van der Waals surface area contributed by atoms with Gasteiger partial charge < -0.3 is 105 Å². The zero-order chi connectivity index (χ0) is 55.4. The normalized spacial score (nSPS) is 31.9. The van der Waals surface area contributed by atoms with Crippen molar-refractivity contribution in [3.8, 4) is 0 Å². The van der Waals surface area contributed by atoms with Gasteiger partial charge in [0.1, 0.15) is 85.5 Å². The first-order valence-electron chi connectivity index (χ1n) is 25.1. The summed E-state index contributed by atoms with van der Waals surface area (Å²) < 4.78 is 110. The van der Waals surface area contributed by atoms with E-state index in [0.29, 0.717) is 0 Å². The van der Waals surface area contributed by atoms with Gasteiger partial charge in [0.25, 0.3) is 0 Å². The number of hydrogen-bond acceptors (Lipinski definition) is 22. The smallest absolute Gasteiger partial charge is 0.221 e. The number of aliphatic hydroxyl groups excluding tert-OH is 2. The van der Waals surface area contributed by atoms with Crippen LogP contribution in [0.15, 0.2) is 24.3 Å². The fraction of sp³-hybridized carbons (Fsp3) is 0.843. The molecule has 0 aromatic heterocycles. The summed E-state index contributed by atoms with van der Waals surface area (Å²) in [7, 11) is 19.8. The van der Waals surface area contributed by atoms with Crippen LogP contribution in [0.3, 0.4) is 0 Å². The van der Waals surface area contributed by atoms with Crippen LogP contribution in [0, 0.1) is 0 Å². The first-order chi connectivity index (χ1) is 36.2. The van der Waals surface area contributed by atoms with Gasteiger partial charge in [-0.25, -0.2) is 0 Å². The quantitative estimate of drug-likeness (QED) is 0.0976. The van der Waals surface area contributed by atoms with Crippen LogP contribution in [0.5, 0.6) is 0 Å². The van der Waals surface area contributed by atoms with Gasteiger partial charge in [0, 0.05) is 139 Å². The molecule has 19 atom stereocenters. The molecule has 3 aliphatic rings. The SMILES string of the molecule is COCC1O[C@@H](O[C@H]2C(COC)OC(N(Cc3cccc(CN(C[C@@H](OC)[C@H](OC)[C@@H](O[C@@H]4OC(CCO)[C@@H](OC)[C@@H](OC)C4OC)C(CCO)OC)C(C)=O)c3)C(C)=O)C(OC)C2OC)C(OC)C(OC)[C@@H]1OC. The molecule has 3 fully saturated rings. The van der Waals surface area contributed by atoms with Crippen LogP contribution >= 0.6 is 0 Å². The average molecular weight is 1080 g/mol. The Kier molecular flexibility index (Phi) is 28.6. The standard InChI is InChI=1S/C51H88N2O22/c1-29(56)52(26-35(61-6)39(63-8)41(33(60-5)19-21-54)74-50-47(69-14)43(65-10)38(62-7)34(72-50)20-22-55)24-31-17-16-18-32(23-31)25-53(30(2)57)49-46(68-13)45(67-12)42(37(71-49)28-59-4)75-51-48(70-15)44(66-11)40(64-9)36(73-51)27-58-3/h16-18,23,33-51,54-55H,19-22,24-28H2,1-15H3/t33?,34?,35-,36?,37?,38-,39+,40-,41+,42+,43-,44?,45?,46?,47?,48?,49?,50+,51+/m1/s1. The van der Waals surface area contributed by atoms with Crippen molar-refractivity contribution < 1.29 is 105 Å². The summed E-state index contributed by atoms with van der Waals surface area (Å²) in [6.45, 7) is 2.93. The molecule has 434 valence electrons. The second kappa shape index (κ2) is 33.1. The summed E-state index contributed by atoms with van der Waals surface area (Å²) in [5.41, 5.74) is 1.47. The lowest BCUT2D eigenvalue weighted by Crippen LogP contribution is -2.68. The molecule has 0 bridgehead atoms. The lowest BCUT2D eigenvalue weighted by atomic mass is 9.95. The van der Waals surface area contributed by atoms with Crippen molar-refractivity contribution in [3.05, 3.63) is 35.4 Å². The molecule has 3 heterocycles. The topological polar surface area (TPSA) is 247 Å². The Labute approximate surface area is 442 Å². The van der Waals surface area contributed by atoms with Crippen molar-refractivity contribution in [2.75, 3.05) is 125 Å². The van der Waals surface area contributed by atoms with Gasteiger partial charge in [0.15, 0.2) is 18.8 Å². The molecule has 1 aromatic carbocycles. The molecule has 2 amide bonds. The van der Waals surface area contributed by atoms with Gasteiger partial charge in [0.2, 0.25) is 11.8 Å². The largest absolute Gasteiger partial charge is 0.396 e. The minimum atomic E-state index is -1.08. The summed E-state index contributed by atoms with van der Waals surface area (Å²) in [6, 6.07) is 7.50. The van der Waals surface area contributed by atoms with E-state index < -0.39 is 116 Å². The third kappa shape index (κ3) is 16.2. The van der Waals surface area contributed by atoms with Crippen LogP contribution in [0.4, 0.5) is 0 Å². The van der Waals surface area contributed by atoms with Crippen molar-refractivity contribution in [1.29, 1.82) is 0 Å². The van der Waals surface area contributed by atoms with Gasteiger partial charge in [-0.3, -0.25) is 9.59 Å². The number of carbonyl (C=O) groups excluding carboxylic acids is 2. The minimum absolute atomic E-state index is 0.0273. The molecule has 4 rings (SSSR count). The van der Waals surface area contributed by atoms with Crippen LogP contribution < -0.4 is 0 Å². The van der Waals surface area contributed by atoms with E-state index in [1.54, 1.807) is 31.1 Å². The van der Waals surface area contributed by atoms with Crippen LogP contribution in [-0.2, 0) is 108 Å². The van der Waals surface area contributed by atoms with Crippen LogP contribution in [-0.4, -0.2) is 274 Å². The lowest BCUT2D eigenvalue weighted by Gasteiger charge is -2.51. The predicted molar refractivity (Wildman–Crippen MR) is 265 cm³/mol. The highest BCUT2D eigenvalue weighted by Gasteiger charge is 2.55. The molecule has 1 aromatic rings. The van der Waals surface area contributed by atoms with Gasteiger partial charge in [-0.2, -0.15) is 0 Å². The van der Waals surface area contributed by atoms with E-state index in [4.69, 9.17) is 85.3 Å². The van der Waals surface area contributed by atoms with E-state index in [1.165, 1.54) is 84.9 Å². The van der Waals surface area contributed by atoms with E-state index in [1.807, 2.05) is 24.3 Å². The Bertz CT molecular complexity index is 1770. The van der Waals surface area contributed by atoms with Gasteiger partial charge in [-0.1, -0.05) is 24.3 Å². The highest BCUT2D eigenvalue weighted by Crippen LogP contribution is 2.36. The molecule has 0 saturated carbocycles. The second-order valence-electron chi connectivity index (χ2n) is 18.5. The summed E-state index contributed by atoms with van der Waals surface area (Å²) in [5.74, 6) is -0.578. The summed E-state index contributed by atoms with van der Waals surface area (Å²) in [4.78, 5) is 30.5. The molecule has 2 N–H and O–H groups in total. The maximum Gasteiger partial charge on any atom is 0.221 e. The molecule has 3 saturated heterocycles.